The second-order valence-electron chi connectivity index (χ2n) is 5.21. The van der Waals surface area contributed by atoms with Crippen molar-refractivity contribution >= 4 is 11.4 Å². The minimum Gasteiger partial charge on any atom is -0.388 e. The minimum atomic E-state index is 1.04. The van der Waals surface area contributed by atoms with Crippen molar-refractivity contribution < 1.29 is 0 Å². The summed E-state index contributed by atoms with van der Waals surface area (Å²) in [4.78, 5) is 4.76. The molecule has 2 rings (SSSR count). The molecule has 1 aliphatic heterocycles. The van der Waals surface area contributed by atoms with Crippen LogP contribution in [0.15, 0.2) is 24.8 Å². The Kier molecular flexibility index (Phi) is 4.48. The van der Waals surface area contributed by atoms with E-state index >= 15 is 0 Å². The van der Waals surface area contributed by atoms with Gasteiger partial charge in [0.25, 0.3) is 0 Å². The van der Waals surface area contributed by atoms with E-state index in [9.17, 15) is 0 Å². The maximum absolute atomic E-state index is 4.29. The molecule has 0 atom stereocenters. The van der Waals surface area contributed by atoms with E-state index in [0.29, 0.717) is 0 Å². The van der Waals surface area contributed by atoms with Crippen LogP contribution in [0.3, 0.4) is 0 Å². The number of benzene rings is 1. The van der Waals surface area contributed by atoms with Gasteiger partial charge in [0.05, 0.1) is 0 Å². The van der Waals surface area contributed by atoms with Crippen LogP contribution < -0.4 is 5.32 Å². The number of nitrogens with zero attached hydrogens (tertiary/aromatic N) is 2. The monoisotopic (exact) mass is 259 g/mol. The predicted octanol–water partition coefficient (Wildman–Crippen LogP) is 2.51. The number of aryl methyl sites for hydroxylation is 1. The largest absolute Gasteiger partial charge is 0.388 e. The third-order valence-corrected chi connectivity index (χ3v) is 3.97. The van der Waals surface area contributed by atoms with Crippen LogP contribution in [-0.2, 0) is 6.42 Å². The maximum Gasteiger partial charge on any atom is 0.0370 e. The first-order chi connectivity index (χ1) is 9.15. The van der Waals surface area contributed by atoms with Gasteiger partial charge in [-0.1, -0.05) is 19.6 Å². The van der Waals surface area contributed by atoms with Crippen LogP contribution in [0.4, 0.5) is 5.69 Å². The van der Waals surface area contributed by atoms with Crippen LogP contribution in [0.25, 0.3) is 5.70 Å². The van der Waals surface area contributed by atoms with E-state index in [1.807, 2.05) is 7.05 Å². The highest BCUT2D eigenvalue weighted by atomic mass is 15.2. The Morgan fingerprint density at radius 3 is 2.53 bits per heavy atom. The summed E-state index contributed by atoms with van der Waals surface area (Å²) in [5.74, 6) is 0. The quantitative estimate of drug-likeness (QED) is 0.896. The average molecular weight is 259 g/mol. The van der Waals surface area contributed by atoms with Crippen molar-refractivity contribution in [1.82, 2.24) is 9.80 Å². The van der Waals surface area contributed by atoms with E-state index in [2.05, 4.69) is 53.9 Å². The molecule has 0 spiro atoms. The van der Waals surface area contributed by atoms with Crippen LogP contribution in [-0.4, -0.2) is 50.1 Å². The van der Waals surface area contributed by atoms with E-state index in [1.54, 1.807) is 0 Å². The third-order valence-electron chi connectivity index (χ3n) is 3.97. The fourth-order valence-electron chi connectivity index (χ4n) is 2.57. The highest BCUT2D eigenvalue weighted by Gasteiger charge is 2.16. The summed E-state index contributed by atoms with van der Waals surface area (Å²) < 4.78 is 0. The lowest BCUT2D eigenvalue weighted by Gasteiger charge is -2.35. The van der Waals surface area contributed by atoms with E-state index in [1.165, 1.54) is 16.8 Å². The van der Waals surface area contributed by atoms with Gasteiger partial charge in [0.15, 0.2) is 0 Å². The molecular weight excluding hydrogens is 234 g/mol. The maximum atomic E-state index is 4.29. The fourth-order valence-corrected chi connectivity index (χ4v) is 2.57. The Balaban J connectivity index is 2.15. The van der Waals surface area contributed by atoms with Crippen LogP contribution in [0, 0.1) is 0 Å². The van der Waals surface area contributed by atoms with Crippen LogP contribution in [0.2, 0.25) is 0 Å². The second kappa shape index (κ2) is 6.11. The number of rotatable bonds is 4. The lowest BCUT2D eigenvalue weighted by atomic mass is 10.0. The van der Waals surface area contributed by atoms with Crippen molar-refractivity contribution in [3.05, 3.63) is 35.9 Å². The van der Waals surface area contributed by atoms with Crippen molar-refractivity contribution in [1.29, 1.82) is 0 Å². The van der Waals surface area contributed by atoms with Crippen LogP contribution >= 0.6 is 0 Å². The first kappa shape index (κ1) is 13.9. The molecule has 0 unspecified atom stereocenters. The summed E-state index contributed by atoms with van der Waals surface area (Å²) in [6, 6.07) is 6.60. The molecular formula is C16H25N3. The van der Waals surface area contributed by atoms with Crippen molar-refractivity contribution in [2.24, 2.45) is 0 Å². The number of hydrogen-bond donors (Lipinski definition) is 1. The topological polar surface area (TPSA) is 18.5 Å². The van der Waals surface area contributed by atoms with Crippen molar-refractivity contribution in [3.63, 3.8) is 0 Å². The standard InChI is InChI=1S/C16H25N3/c1-5-14-12-15(6-7-16(14)17-3)13(2)19-10-8-18(4)9-11-19/h6-7,12,17H,2,5,8-11H2,1,3-4H3. The fraction of sp³-hybridized carbons (Fsp3) is 0.500. The predicted molar refractivity (Wildman–Crippen MR) is 83.5 cm³/mol. The molecule has 104 valence electrons. The number of nitrogens with one attached hydrogen (secondary N) is 1. The lowest BCUT2D eigenvalue weighted by molar-refractivity contribution is 0.207. The Bertz CT molecular complexity index is 445. The summed E-state index contributed by atoms with van der Waals surface area (Å²) in [5, 5.41) is 3.25. The summed E-state index contributed by atoms with van der Waals surface area (Å²) in [7, 11) is 4.15. The molecule has 1 saturated heterocycles. The number of anilines is 1. The van der Waals surface area contributed by atoms with Crippen LogP contribution in [0.1, 0.15) is 18.1 Å². The van der Waals surface area contributed by atoms with E-state index in [4.69, 9.17) is 0 Å². The van der Waals surface area contributed by atoms with E-state index in [-0.39, 0.29) is 0 Å². The molecule has 0 radical (unpaired) electrons. The molecule has 0 amide bonds. The zero-order chi connectivity index (χ0) is 13.8. The molecule has 0 aliphatic carbocycles. The molecule has 1 aromatic carbocycles. The van der Waals surface area contributed by atoms with Crippen molar-refractivity contribution in [3.8, 4) is 0 Å². The average Bonchev–Trinajstić information content (AvgIpc) is 2.46. The van der Waals surface area contributed by atoms with Gasteiger partial charge in [-0.25, -0.2) is 0 Å². The normalized spacial score (nSPS) is 16.5. The smallest absolute Gasteiger partial charge is 0.0370 e. The Labute approximate surface area is 116 Å². The summed E-state index contributed by atoms with van der Waals surface area (Å²) in [6.45, 7) is 10.9. The van der Waals surface area contributed by atoms with Gasteiger partial charge in [-0.2, -0.15) is 0 Å². The number of likely N-dealkylation sites (N-methyl/N-ethyl adjacent to an activating group) is 1. The molecule has 3 nitrogen and oxygen atoms in total. The van der Waals surface area contributed by atoms with Gasteiger partial charge in [-0.3, -0.25) is 0 Å². The van der Waals surface area contributed by atoms with Crippen LogP contribution in [0.5, 0.6) is 0 Å². The molecule has 1 heterocycles. The molecule has 3 heteroatoms. The molecule has 0 saturated carbocycles. The molecule has 1 fully saturated rings. The molecule has 0 bridgehead atoms. The number of piperazine rings is 1. The van der Waals surface area contributed by atoms with Gasteiger partial charge in [0.2, 0.25) is 0 Å². The highest BCUT2D eigenvalue weighted by molar-refractivity contribution is 5.66. The Hall–Kier alpha value is -1.48. The highest BCUT2D eigenvalue weighted by Crippen LogP contribution is 2.24. The summed E-state index contributed by atoms with van der Waals surface area (Å²) in [5.41, 5.74) is 4.98. The number of hydrogen-bond acceptors (Lipinski definition) is 3. The first-order valence-corrected chi connectivity index (χ1v) is 7.09. The van der Waals surface area contributed by atoms with Gasteiger partial charge < -0.3 is 15.1 Å². The van der Waals surface area contributed by atoms with Crippen molar-refractivity contribution in [2.75, 3.05) is 45.6 Å². The zero-order valence-electron chi connectivity index (χ0n) is 12.4. The van der Waals surface area contributed by atoms with E-state index in [0.717, 1.165) is 38.3 Å². The minimum absolute atomic E-state index is 1.04. The zero-order valence-corrected chi connectivity index (χ0v) is 12.4. The lowest BCUT2D eigenvalue weighted by Crippen LogP contribution is -2.43. The molecule has 19 heavy (non-hydrogen) atoms. The summed E-state index contributed by atoms with van der Waals surface area (Å²) >= 11 is 0. The van der Waals surface area contributed by atoms with Crippen molar-refractivity contribution in [2.45, 2.75) is 13.3 Å². The SMILES string of the molecule is C=C(c1ccc(NC)c(CC)c1)N1CCN(C)CC1. The van der Waals surface area contributed by atoms with Gasteiger partial charge in [-0.15, -0.1) is 0 Å². The summed E-state index contributed by atoms with van der Waals surface area (Å²) in [6.07, 6.45) is 1.04. The Morgan fingerprint density at radius 1 is 1.26 bits per heavy atom. The molecule has 0 aromatic heterocycles. The molecule has 1 aliphatic rings. The Morgan fingerprint density at radius 2 is 1.95 bits per heavy atom. The second-order valence-corrected chi connectivity index (χ2v) is 5.21. The van der Waals surface area contributed by atoms with E-state index < -0.39 is 0 Å². The van der Waals surface area contributed by atoms with Gasteiger partial charge >= 0.3 is 0 Å². The van der Waals surface area contributed by atoms with Gasteiger partial charge in [0, 0.05) is 44.6 Å². The molecule has 1 N–H and O–H groups in total. The molecule has 1 aromatic rings. The van der Waals surface area contributed by atoms with Gasteiger partial charge in [0.1, 0.15) is 0 Å². The first-order valence-electron chi connectivity index (χ1n) is 7.09. The van der Waals surface area contributed by atoms with Gasteiger partial charge in [-0.05, 0) is 36.7 Å². The third kappa shape index (κ3) is 3.10.